The fraction of sp³-hybridized carbons (Fsp3) is 0.471. The number of carbonyl (C=O) groups excluding carboxylic acids is 3. The summed E-state index contributed by atoms with van der Waals surface area (Å²) in [7, 11) is 0. The number of ketones is 1. The Balaban J connectivity index is 2.59. The summed E-state index contributed by atoms with van der Waals surface area (Å²) in [5.74, 6) is -0.516. The molecule has 0 saturated heterocycles. The predicted molar refractivity (Wildman–Crippen MR) is 90.7 cm³/mol. The zero-order chi connectivity index (χ0) is 18.1. The molecule has 0 bridgehead atoms. The molecule has 132 valence electrons. The van der Waals surface area contributed by atoms with Gasteiger partial charge in [-0.2, -0.15) is 0 Å². The molecule has 24 heavy (non-hydrogen) atoms. The summed E-state index contributed by atoms with van der Waals surface area (Å²) in [5.41, 5.74) is 0.872. The van der Waals surface area contributed by atoms with Crippen molar-refractivity contribution in [3.05, 3.63) is 35.4 Å². The first-order valence-electron chi connectivity index (χ1n) is 7.63. The summed E-state index contributed by atoms with van der Waals surface area (Å²) >= 11 is 0.937. The SMILES string of the molecule is CCOC(=O)CCC(=O)c1ccc(C(O)C(O)CSC(C)=O)cc1. The van der Waals surface area contributed by atoms with Crippen LogP contribution in [0.3, 0.4) is 0 Å². The van der Waals surface area contributed by atoms with Gasteiger partial charge < -0.3 is 14.9 Å². The largest absolute Gasteiger partial charge is 0.466 e. The summed E-state index contributed by atoms with van der Waals surface area (Å²) in [5, 5.41) is 19.8. The van der Waals surface area contributed by atoms with E-state index in [0.717, 1.165) is 11.8 Å². The van der Waals surface area contributed by atoms with Gasteiger partial charge in [0.1, 0.15) is 6.10 Å². The van der Waals surface area contributed by atoms with Gasteiger partial charge in [0.05, 0.1) is 19.1 Å². The Bertz CT molecular complexity index is 569. The van der Waals surface area contributed by atoms with Crippen molar-refractivity contribution in [2.75, 3.05) is 12.4 Å². The van der Waals surface area contributed by atoms with Crippen molar-refractivity contribution in [3.8, 4) is 0 Å². The molecule has 0 heterocycles. The minimum atomic E-state index is -1.14. The third-order valence-electron chi connectivity index (χ3n) is 3.26. The van der Waals surface area contributed by atoms with E-state index in [0.29, 0.717) is 11.1 Å². The van der Waals surface area contributed by atoms with Crippen molar-refractivity contribution in [1.29, 1.82) is 0 Å². The van der Waals surface area contributed by atoms with Crippen LogP contribution in [-0.4, -0.2) is 45.5 Å². The number of ether oxygens (including phenoxy) is 1. The Morgan fingerprint density at radius 3 is 2.29 bits per heavy atom. The second-order valence-electron chi connectivity index (χ2n) is 5.16. The third-order valence-corrected chi connectivity index (χ3v) is 4.17. The van der Waals surface area contributed by atoms with E-state index < -0.39 is 18.2 Å². The highest BCUT2D eigenvalue weighted by Crippen LogP contribution is 2.21. The first-order valence-corrected chi connectivity index (χ1v) is 8.62. The number of aliphatic hydroxyl groups excluding tert-OH is 2. The molecule has 0 aliphatic rings. The average molecular weight is 354 g/mol. The van der Waals surface area contributed by atoms with Crippen LogP contribution in [0.15, 0.2) is 24.3 Å². The Kier molecular flexibility index (Phi) is 8.67. The number of hydrogen-bond acceptors (Lipinski definition) is 7. The lowest BCUT2D eigenvalue weighted by Gasteiger charge is -2.17. The molecular formula is C17H22O6S. The minimum Gasteiger partial charge on any atom is -0.466 e. The number of carbonyl (C=O) groups is 3. The van der Waals surface area contributed by atoms with Crippen molar-refractivity contribution >= 4 is 28.6 Å². The van der Waals surface area contributed by atoms with Crippen LogP contribution in [0.1, 0.15) is 48.7 Å². The summed E-state index contributed by atoms with van der Waals surface area (Å²) in [6, 6.07) is 6.17. The zero-order valence-electron chi connectivity index (χ0n) is 13.7. The average Bonchev–Trinajstić information content (AvgIpc) is 2.57. The molecule has 6 nitrogen and oxygen atoms in total. The smallest absolute Gasteiger partial charge is 0.306 e. The molecular weight excluding hydrogens is 332 g/mol. The number of Topliss-reactive ketones (excluding diaryl/α,β-unsaturated/α-hetero) is 1. The Hall–Kier alpha value is -1.70. The van der Waals surface area contributed by atoms with E-state index >= 15 is 0 Å². The lowest BCUT2D eigenvalue weighted by molar-refractivity contribution is -0.143. The Morgan fingerprint density at radius 2 is 1.75 bits per heavy atom. The standard InChI is InChI=1S/C17H22O6S/c1-3-23-16(21)9-8-14(19)12-4-6-13(7-5-12)17(22)15(20)10-24-11(2)18/h4-7,15,17,20,22H,3,8-10H2,1-2H3. The molecule has 0 spiro atoms. The van der Waals surface area contributed by atoms with E-state index in [9.17, 15) is 24.6 Å². The second kappa shape index (κ2) is 10.2. The van der Waals surface area contributed by atoms with Gasteiger partial charge in [0, 0.05) is 24.7 Å². The van der Waals surface area contributed by atoms with E-state index in [1.165, 1.54) is 19.1 Å². The second-order valence-corrected chi connectivity index (χ2v) is 6.36. The molecule has 0 fully saturated rings. The van der Waals surface area contributed by atoms with Crippen LogP contribution >= 0.6 is 11.8 Å². The first-order chi connectivity index (χ1) is 11.3. The van der Waals surface area contributed by atoms with Crippen LogP contribution in [-0.2, 0) is 14.3 Å². The molecule has 0 aliphatic carbocycles. The van der Waals surface area contributed by atoms with Crippen molar-refractivity contribution in [2.24, 2.45) is 0 Å². The molecule has 0 amide bonds. The van der Waals surface area contributed by atoms with Gasteiger partial charge in [-0.25, -0.2) is 0 Å². The highest BCUT2D eigenvalue weighted by molar-refractivity contribution is 8.13. The van der Waals surface area contributed by atoms with Gasteiger partial charge in [-0.15, -0.1) is 0 Å². The molecule has 0 aromatic heterocycles. The number of benzene rings is 1. The normalized spacial score (nSPS) is 13.2. The van der Waals surface area contributed by atoms with Gasteiger partial charge in [0.25, 0.3) is 0 Å². The monoisotopic (exact) mass is 354 g/mol. The van der Waals surface area contributed by atoms with Crippen molar-refractivity contribution in [1.82, 2.24) is 0 Å². The fourth-order valence-corrected chi connectivity index (χ4v) is 2.56. The Morgan fingerprint density at radius 1 is 1.12 bits per heavy atom. The highest BCUT2D eigenvalue weighted by atomic mass is 32.2. The molecule has 1 aromatic carbocycles. The van der Waals surface area contributed by atoms with Gasteiger partial charge in [-0.3, -0.25) is 14.4 Å². The van der Waals surface area contributed by atoms with Gasteiger partial charge in [-0.05, 0) is 12.5 Å². The van der Waals surface area contributed by atoms with Crippen LogP contribution in [0.25, 0.3) is 0 Å². The van der Waals surface area contributed by atoms with Crippen LogP contribution in [0, 0.1) is 0 Å². The summed E-state index contributed by atoms with van der Waals surface area (Å²) in [6.45, 7) is 3.37. The zero-order valence-corrected chi connectivity index (χ0v) is 14.5. The van der Waals surface area contributed by atoms with E-state index in [1.807, 2.05) is 0 Å². The van der Waals surface area contributed by atoms with Crippen LogP contribution in [0.5, 0.6) is 0 Å². The molecule has 2 N–H and O–H groups in total. The molecule has 7 heteroatoms. The summed E-state index contributed by atoms with van der Waals surface area (Å²) < 4.78 is 4.77. The minimum absolute atomic E-state index is 0.0258. The third kappa shape index (κ3) is 6.82. The maximum absolute atomic E-state index is 12.0. The molecule has 2 unspecified atom stereocenters. The van der Waals surface area contributed by atoms with Gasteiger partial charge in [0.2, 0.25) is 0 Å². The molecule has 1 rings (SSSR count). The van der Waals surface area contributed by atoms with E-state index in [1.54, 1.807) is 19.1 Å². The predicted octanol–water partition coefficient (Wildman–Crippen LogP) is 1.89. The summed E-state index contributed by atoms with van der Waals surface area (Å²) in [6.07, 6.45) is -2.14. The van der Waals surface area contributed by atoms with E-state index in [2.05, 4.69) is 0 Å². The maximum atomic E-state index is 12.0. The van der Waals surface area contributed by atoms with Crippen molar-refractivity contribution in [2.45, 2.75) is 38.9 Å². The molecule has 2 atom stereocenters. The maximum Gasteiger partial charge on any atom is 0.306 e. The van der Waals surface area contributed by atoms with Gasteiger partial charge in [-0.1, -0.05) is 36.0 Å². The summed E-state index contributed by atoms with van der Waals surface area (Å²) in [4.78, 5) is 34.1. The molecule has 0 aliphatic heterocycles. The topological polar surface area (TPSA) is 101 Å². The Labute approximate surface area is 145 Å². The number of aliphatic hydroxyl groups is 2. The number of esters is 1. The first kappa shape index (κ1) is 20.3. The number of rotatable bonds is 9. The highest BCUT2D eigenvalue weighted by Gasteiger charge is 2.19. The van der Waals surface area contributed by atoms with Gasteiger partial charge in [0.15, 0.2) is 10.9 Å². The molecule has 0 radical (unpaired) electrons. The van der Waals surface area contributed by atoms with Crippen molar-refractivity contribution < 1.29 is 29.3 Å². The quantitative estimate of drug-likeness (QED) is 0.516. The molecule has 1 aromatic rings. The lowest BCUT2D eigenvalue weighted by atomic mass is 10.0. The van der Waals surface area contributed by atoms with Gasteiger partial charge >= 0.3 is 5.97 Å². The van der Waals surface area contributed by atoms with Crippen LogP contribution in [0.4, 0.5) is 0 Å². The fourth-order valence-electron chi connectivity index (χ4n) is 1.98. The van der Waals surface area contributed by atoms with E-state index in [-0.39, 0.29) is 36.1 Å². The number of hydrogen-bond donors (Lipinski definition) is 2. The molecule has 0 saturated carbocycles. The van der Waals surface area contributed by atoms with E-state index in [4.69, 9.17) is 4.74 Å². The lowest BCUT2D eigenvalue weighted by Crippen LogP contribution is -2.21. The van der Waals surface area contributed by atoms with Crippen LogP contribution < -0.4 is 0 Å². The van der Waals surface area contributed by atoms with Crippen molar-refractivity contribution in [3.63, 3.8) is 0 Å². The van der Waals surface area contributed by atoms with Crippen LogP contribution in [0.2, 0.25) is 0 Å². The number of thioether (sulfide) groups is 1.